The summed E-state index contributed by atoms with van der Waals surface area (Å²) in [6.45, 7) is 7.90. The van der Waals surface area contributed by atoms with Crippen molar-refractivity contribution in [2.75, 3.05) is 31.5 Å². The molecule has 29 heavy (non-hydrogen) atoms. The molecule has 0 aliphatic carbocycles. The van der Waals surface area contributed by atoms with Gasteiger partial charge < -0.3 is 19.5 Å². The summed E-state index contributed by atoms with van der Waals surface area (Å²) in [6, 6.07) is 2.92. The number of piperazine rings is 1. The number of carbonyl (C=O) groups is 2. The number of nitrogens with zero attached hydrogens (tertiary/aromatic N) is 4. The number of rotatable bonds is 4. The highest BCUT2D eigenvalue weighted by atomic mass is 32.1. The summed E-state index contributed by atoms with van der Waals surface area (Å²) in [6.07, 6.45) is 3.01. The maximum absolute atomic E-state index is 12.9. The highest BCUT2D eigenvalue weighted by Gasteiger charge is 2.28. The zero-order valence-corrected chi connectivity index (χ0v) is 17.5. The number of aromatic nitrogens is 2. The molecule has 0 radical (unpaired) electrons. The van der Waals surface area contributed by atoms with Gasteiger partial charge in [-0.2, -0.15) is 0 Å². The number of thiophene rings is 1. The SMILES string of the molecule is Cc1sc2ncnc(N[C@@H](C)C(=O)N3CCN(C(=O)c4ccco4)CC3)c2c1C. The molecule has 0 saturated carbocycles. The van der Waals surface area contributed by atoms with Crippen LogP contribution in [0.15, 0.2) is 29.1 Å². The normalized spacial score (nSPS) is 15.6. The Morgan fingerprint density at radius 2 is 1.90 bits per heavy atom. The molecule has 4 rings (SSSR count). The summed E-state index contributed by atoms with van der Waals surface area (Å²) >= 11 is 1.63. The van der Waals surface area contributed by atoms with Crippen molar-refractivity contribution in [2.45, 2.75) is 26.8 Å². The summed E-state index contributed by atoms with van der Waals surface area (Å²) in [5.41, 5.74) is 1.14. The van der Waals surface area contributed by atoms with Gasteiger partial charge in [-0.1, -0.05) is 0 Å². The van der Waals surface area contributed by atoms with Crippen LogP contribution in [-0.2, 0) is 4.79 Å². The van der Waals surface area contributed by atoms with E-state index in [9.17, 15) is 9.59 Å². The minimum atomic E-state index is -0.431. The second-order valence-corrected chi connectivity index (χ2v) is 8.35. The maximum atomic E-state index is 12.9. The largest absolute Gasteiger partial charge is 0.459 e. The number of nitrogens with one attached hydrogen (secondary N) is 1. The minimum absolute atomic E-state index is 0.00790. The molecule has 0 spiro atoms. The van der Waals surface area contributed by atoms with Crippen LogP contribution in [0.5, 0.6) is 0 Å². The molecule has 1 aliphatic rings. The van der Waals surface area contributed by atoms with Gasteiger partial charge in [-0.25, -0.2) is 9.97 Å². The molecule has 1 fully saturated rings. The third kappa shape index (κ3) is 3.69. The molecule has 0 aromatic carbocycles. The molecule has 3 aromatic rings. The second-order valence-electron chi connectivity index (χ2n) is 7.15. The Morgan fingerprint density at radius 1 is 1.17 bits per heavy atom. The van der Waals surface area contributed by atoms with Gasteiger partial charge in [-0.3, -0.25) is 9.59 Å². The molecule has 3 aromatic heterocycles. The van der Waals surface area contributed by atoms with Crippen molar-refractivity contribution in [3.63, 3.8) is 0 Å². The minimum Gasteiger partial charge on any atom is -0.459 e. The third-order valence-electron chi connectivity index (χ3n) is 5.30. The fourth-order valence-corrected chi connectivity index (χ4v) is 4.52. The van der Waals surface area contributed by atoms with Crippen LogP contribution >= 0.6 is 11.3 Å². The number of carbonyl (C=O) groups excluding carboxylic acids is 2. The number of anilines is 1. The van der Waals surface area contributed by atoms with Gasteiger partial charge in [0.1, 0.15) is 23.0 Å². The first kappa shape index (κ1) is 19.4. The number of hydrogen-bond acceptors (Lipinski definition) is 7. The van der Waals surface area contributed by atoms with Crippen LogP contribution in [0.2, 0.25) is 0 Å². The molecule has 4 heterocycles. The standard InChI is InChI=1S/C20H23N5O3S/c1-12-14(3)29-18-16(12)17(21-11-22-18)23-13(2)19(26)24-6-8-25(9-7-24)20(27)15-5-4-10-28-15/h4-5,10-11,13H,6-9H2,1-3H3,(H,21,22,23)/t13-/m0/s1. The lowest BCUT2D eigenvalue weighted by atomic mass is 10.2. The number of aryl methyl sites for hydroxylation is 2. The molecule has 0 unspecified atom stereocenters. The predicted molar refractivity (Wildman–Crippen MR) is 111 cm³/mol. The average molecular weight is 414 g/mol. The van der Waals surface area contributed by atoms with Gasteiger partial charge in [0, 0.05) is 31.1 Å². The third-order valence-corrected chi connectivity index (χ3v) is 6.41. The molecule has 1 N–H and O–H groups in total. The van der Waals surface area contributed by atoms with Crippen LogP contribution in [0, 0.1) is 13.8 Å². The first-order valence-corrected chi connectivity index (χ1v) is 10.4. The van der Waals surface area contributed by atoms with Crippen molar-refractivity contribution in [1.29, 1.82) is 0 Å². The first-order valence-electron chi connectivity index (χ1n) is 9.54. The molecule has 1 atom stereocenters. The van der Waals surface area contributed by atoms with Crippen molar-refractivity contribution < 1.29 is 14.0 Å². The number of hydrogen-bond donors (Lipinski definition) is 1. The average Bonchev–Trinajstić information content (AvgIpc) is 3.36. The Morgan fingerprint density at radius 3 is 2.59 bits per heavy atom. The Hall–Kier alpha value is -2.94. The fourth-order valence-electron chi connectivity index (χ4n) is 3.52. The fraction of sp³-hybridized carbons (Fsp3) is 0.400. The molecular weight excluding hydrogens is 390 g/mol. The quantitative estimate of drug-likeness (QED) is 0.707. The lowest BCUT2D eigenvalue weighted by Crippen LogP contribution is -2.53. The van der Waals surface area contributed by atoms with Crippen LogP contribution in [0.1, 0.15) is 27.9 Å². The molecule has 1 saturated heterocycles. The van der Waals surface area contributed by atoms with E-state index in [4.69, 9.17) is 4.42 Å². The predicted octanol–water partition coefficient (Wildman–Crippen LogP) is 2.69. The van der Waals surface area contributed by atoms with Gasteiger partial charge in [0.05, 0.1) is 11.6 Å². The van der Waals surface area contributed by atoms with Crippen molar-refractivity contribution >= 4 is 39.2 Å². The van der Waals surface area contributed by atoms with E-state index in [1.807, 2.05) is 13.8 Å². The van der Waals surface area contributed by atoms with E-state index in [0.29, 0.717) is 37.8 Å². The van der Waals surface area contributed by atoms with Crippen LogP contribution in [0.25, 0.3) is 10.2 Å². The van der Waals surface area contributed by atoms with Gasteiger partial charge in [0.25, 0.3) is 5.91 Å². The van der Waals surface area contributed by atoms with Crippen LogP contribution in [0.3, 0.4) is 0 Å². The Bertz CT molecular complexity index is 1040. The maximum Gasteiger partial charge on any atom is 0.289 e. The molecule has 2 amide bonds. The Balaban J connectivity index is 1.40. The van der Waals surface area contributed by atoms with E-state index in [0.717, 1.165) is 15.8 Å². The van der Waals surface area contributed by atoms with Crippen LogP contribution in [0.4, 0.5) is 5.82 Å². The zero-order chi connectivity index (χ0) is 20.5. The van der Waals surface area contributed by atoms with Crippen molar-refractivity contribution in [1.82, 2.24) is 19.8 Å². The first-order chi connectivity index (χ1) is 14.0. The van der Waals surface area contributed by atoms with E-state index in [1.54, 1.807) is 33.3 Å². The van der Waals surface area contributed by atoms with Crippen LogP contribution in [-0.4, -0.2) is 63.8 Å². The number of furan rings is 1. The van der Waals surface area contributed by atoms with Crippen LogP contribution < -0.4 is 5.32 Å². The summed E-state index contributed by atoms with van der Waals surface area (Å²) in [7, 11) is 0. The zero-order valence-electron chi connectivity index (χ0n) is 16.6. The molecule has 9 heteroatoms. The molecule has 0 bridgehead atoms. The molecule has 1 aliphatic heterocycles. The number of amides is 2. The van der Waals surface area contributed by atoms with Gasteiger partial charge in [0.2, 0.25) is 5.91 Å². The van der Waals surface area contributed by atoms with E-state index in [1.165, 1.54) is 17.5 Å². The van der Waals surface area contributed by atoms with E-state index >= 15 is 0 Å². The van der Waals surface area contributed by atoms with E-state index < -0.39 is 6.04 Å². The molecule has 8 nitrogen and oxygen atoms in total. The second kappa shape index (κ2) is 7.82. The summed E-state index contributed by atoms with van der Waals surface area (Å²) in [5, 5.41) is 4.24. The Labute approximate surface area is 172 Å². The van der Waals surface area contributed by atoms with E-state index in [2.05, 4.69) is 22.2 Å². The van der Waals surface area contributed by atoms with Crippen molar-refractivity contribution in [3.05, 3.63) is 40.9 Å². The highest BCUT2D eigenvalue weighted by molar-refractivity contribution is 7.18. The smallest absolute Gasteiger partial charge is 0.289 e. The van der Waals surface area contributed by atoms with Gasteiger partial charge in [-0.15, -0.1) is 11.3 Å². The summed E-state index contributed by atoms with van der Waals surface area (Å²) in [4.78, 5) is 39.6. The lowest BCUT2D eigenvalue weighted by molar-refractivity contribution is -0.133. The van der Waals surface area contributed by atoms with Gasteiger partial charge >= 0.3 is 0 Å². The van der Waals surface area contributed by atoms with Gasteiger partial charge in [-0.05, 0) is 38.5 Å². The number of fused-ring (bicyclic) bond motifs is 1. The van der Waals surface area contributed by atoms with E-state index in [-0.39, 0.29) is 11.8 Å². The lowest BCUT2D eigenvalue weighted by Gasteiger charge is -2.35. The molecular formula is C20H23N5O3S. The molecule has 152 valence electrons. The summed E-state index contributed by atoms with van der Waals surface area (Å²) < 4.78 is 5.18. The van der Waals surface area contributed by atoms with Gasteiger partial charge in [0.15, 0.2) is 5.76 Å². The monoisotopic (exact) mass is 413 g/mol. The van der Waals surface area contributed by atoms with Crippen molar-refractivity contribution in [3.8, 4) is 0 Å². The highest BCUT2D eigenvalue weighted by Crippen LogP contribution is 2.32. The van der Waals surface area contributed by atoms with Crippen molar-refractivity contribution in [2.24, 2.45) is 0 Å². The summed E-state index contributed by atoms with van der Waals surface area (Å²) in [5.74, 6) is 0.866. The topological polar surface area (TPSA) is 91.6 Å². The Kier molecular flexibility index (Phi) is 5.23.